The van der Waals surface area contributed by atoms with Crippen molar-refractivity contribution in [1.82, 2.24) is 15.2 Å². The van der Waals surface area contributed by atoms with Crippen molar-refractivity contribution >= 4 is 23.4 Å². The Morgan fingerprint density at radius 3 is 2.94 bits per heavy atom. The Labute approximate surface area is 200 Å². The molecule has 0 saturated heterocycles. The van der Waals surface area contributed by atoms with E-state index in [1.165, 1.54) is 11.8 Å². The Morgan fingerprint density at radius 1 is 1.29 bits per heavy atom. The summed E-state index contributed by atoms with van der Waals surface area (Å²) in [4.78, 5) is 19.5. The topological polar surface area (TPSA) is 95.9 Å². The van der Waals surface area contributed by atoms with Crippen LogP contribution in [0.4, 0.5) is 5.69 Å². The highest BCUT2D eigenvalue weighted by Gasteiger charge is 2.37. The SMILES string of the molecule is C=CCSc1nnc2c(n1)O[C@@H](c1cc(OC)c3c(c1)OCO3)N(C(=O)CC)c1ccccc1-2. The van der Waals surface area contributed by atoms with Gasteiger partial charge in [-0.25, -0.2) is 0 Å². The van der Waals surface area contributed by atoms with Crippen molar-refractivity contribution in [3.8, 4) is 34.4 Å². The molecule has 1 amide bonds. The van der Waals surface area contributed by atoms with Crippen LogP contribution in [-0.2, 0) is 4.79 Å². The lowest BCUT2D eigenvalue weighted by atomic mass is 10.1. The van der Waals surface area contributed by atoms with E-state index in [1.807, 2.05) is 31.2 Å². The molecule has 0 bridgehead atoms. The van der Waals surface area contributed by atoms with Gasteiger partial charge in [-0.1, -0.05) is 43.0 Å². The van der Waals surface area contributed by atoms with E-state index >= 15 is 0 Å². The lowest BCUT2D eigenvalue weighted by Gasteiger charge is -2.31. The summed E-state index contributed by atoms with van der Waals surface area (Å²) in [5.74, 6) is 2.29. The van der Waals surface area contributed by atoms with Crippen molar-refractivity contribution in [1.29, 1.82) is 0 Å². The number of fused-ring (bicyclic) bond motifs is 4. The van der Waals surface area contributed by atoms with E-state index < -0.39 is 6.23 Å². The molecule has 0 N–H and O–H groups in total. The Kier molecular flexibility index (Phi) is 5.97. The lowest BCUT2D eigenvalue weighted by molar-refractivity contribution is -0.120. The van der Waals surface area contributed by atoms with E-state index in [9.17, 15) is 4.79 Å². The monoisotopic (exact) mass is 478 g/mol. The Hall–Kier alpha value is -3.79. The number of hydrogen-bond acceptors (Lipinski definition) is 9. The molecule has 10 heteroatoms. The summed E-state index contributed by atoms with van der Waals surface area (Å²) < 4.78 is 23.1. The highest BCUT2D eigenvalue weighted by molar-refractivity contribution is 7.99. The third-order valence-corrected chi connectivity index (χ3v) is 6.21. The largest absolute Gasteiger partial charge is 0.493 e. The number of anilines is 1. The molecule has 0 spiro atoms. The molecule has 0 fully saturated rings. The van der Waals surface area contributed by atoms with Crippen LogP contribution in [0.25, 0.3) is 11.3 Å². The van der Waals surface area contributed by atoms with Gasteiger partial charge in [0.2, 0.25) is 35.7 Å². The molecule has 0 aliphatic carbocycles. The smallest absolute Gasteiger partial charge is 0.247 e. The average molecular weight is 479 g/mol. The lowest BCUT2D eigenvalue weighted by Crippen LogP contribution is -2.37. The van der Waals surface area contributed by atoms with Gasteiger partial charge in [0.15, 0.2) is 17.2 Å². The maximum Gasteiger partial charge on any atom is 0.247 e. The fraction of sp³-hybridized carbons (Fsp3) is 0.250. The van der Waals surface area contributed by atoms with Gasteiger partial charge >= 0.3 is 0 Å². The Morgan fingerprint density at radius 2 is 2.15 bits per heavy atom. The van der Waals surface area contributed by atoms with E-state index in [2.05, 4.69) is 21.8 Å². The Balaban J connectivity index is 1.71. The minimum absolute atomic E-state index is 0.0883. The Bertz CT molecular complexity index is 1270. The molecule has 2 aliphatic rings. The van der Waals surface area contributed by atoms with Crippen molar-refractivity contribution in [3.63, 3.8) is 0 Å². The fourth-order valence-electron chi connectivity index (χ4n) is 3.86. The molecule has 1 aromatic heterocycles. The summed E-state index contributed by atoms with van der Waals surface area (Å²) in [6.45, 7) is 5.63. The van der Waals surface area contributed by atoms with Crippen LogP contribution in [0.2, 0.25) is 0 Å². The van der Waals surface area contributed by atoms with Crippen LogP contribution in [0.1, 0.15) is 25.1 Å². The van der Waals surface area contributed by atoms with Crippen molar-refractivity contribution in [2.75, 3.05) is 24.6 Å². The van der Waals surface area contributed by atoms with Crippen molar-refractivity contribution in [2.24, 2.45) is 0 Å². The van der Waals surface area contributed by atoms with Crippen molar-refractivity contribution in [3.05, 3.63) is 54.6 Å². The first-order valence-corrected chi connectivity index (χ1v) is 11.7. The second-order valence-electron chi connectivity index (χ2n) is 7.41. The van der Waals surface area contributed by atoms with Gasteiger partial charge in [-0.15, -0.1) is 16.8 Å². The van der Waals surface area contributed by atoms with E-state index in [4.69, 9.17) is 18.9 Å². The molecule has 2 aliphatic heterocycles. The number of aromatic nitrogens is 3. The van der Waals surface area contributed by atoms with Crippen LogP contribution in [0, 0.1) is 0 Å². The molecule has 0 saturated carbocycles. The highest BCUT2D eigenvalue weighted by atomic mass is 32.2. The molecule has 5 rings (SSSR count). The summed E-state index contributed by atoms with van der Waals surface area (Å²) >= 11 is 1.39. The van der Waals surface area contributed by atoms with Crippen LogP contribution < -0.4 is 23.8 Å². The standard InChI is InChI=1S/C24H22N4O5S/c1-4-10-34-24-25-22-20(26-27-24)15-8-6-7-9-16(15)28(19(29)5-2)23(33-22)14-11-17(30-3)21-18(12-14)31-13-32-21/h4,6-9,11-12,23H,1,5,10,13H2,2-3H3/t23-/m0/s1. The molecular formula is C24H22N4O5S. The van der Waals surface area contributed by atoms with Crippen LogP contribution in [0.5, 0.6) is 23.1 Å². The van der Waals surface area contributed by atoms with E-state index in [-0.39, 0.29) is 25.0 Å². The maximum absolute atomic E-state index is 13.3. The van der Waals surface area contributed by atoms with Gasteiger partial charge in [0.25, 0.3) is 0 Å². The summed E-state index contributed by atoms with van der Waals surface area (Å²) in [7, 11) is 1.55. The zero-order valence-electron chi connectivity index (χ0n) is 18.7. The number of nitrogens with zero attached hydrogens (tertiary/aromatic N) is 4. The quantitative estimate of drug-likeness (QED) is 0.377. The molecule has 1 atom stereocenters. The highest BCUT2D eigenvalue weighted by Crippen LogP contribution is 2.47. The van der Waals surface area contributed by atoms with Gasteiger partial charge in [-0.05, 0) is 18.2 Å². The molecule has 3 heterocycles. The zero-order valence-corrected chi connectivity index (χ0v) is 19.5. The fourth-order valence-corrected chi connectivity index (χ4v) is 4.37. The summed E-state index contributed by atoms with van der Waals surface area (Å²) in [5, 5.41) is 9.11. The van der Waals surface area contributed by atoms with E-state index in [0.29, 0.717) is 50.7 Å². The number of thioether (sulfide) groups is 1. The molecule has 2 aromatic carbocycles. The maximum atomic E-state index is 13.3. The molecule has 174 valence electrons. The van der Waals surface area contributed by atoms with E-state index in [0.717, 1.165) is 0 Å². The van der Waals surface area contributed by atoms with Crippen molar-refractivity contribution in [2.45, 2.75) is 24.7 Å². The number of ether oxygens (including phenoxy) is 4. The zero-order chi connectivity index (χ0) is 23.7. The summed E-state index contributed by atoms with van der Waals surface area (Å²) in [6.07, 6.45) is 1.18. The number of rotatable bonds is 6. The number of hydrogen-bond donors (Lipinski definition) is 0. The van der Waals surface area contributed by atoms with Crippen LogP contribution >= 0.6 is 11.8 Å². The number of benzene rings is 2. The predicted octanol–water partition coefficient (Wildman–Crippen LogP) is 4.39. The first-order chi connectivity index (χ1) is 16.6. The van der Waals surface area contributed by atoms with E-state index in [1.54, 1.807) is 30.2 Å². The van der Waals surface area contributed by atoms with Crippen LogP contribution in [0.15, 0.2) is 54.2 Å². The molecule has 0 unspecified atom stereocenters. The minimum Gasteiger partial charge on any atom is -0.493 e. The molecule has 9 nitrogen and oxygen atoms in total. The van der Waals surface area contributed by atoms with Crippen LogP contribution in [0.3, 0.4) is 0 Å². The first kappa shape index (κ1) is 22.0. The third-order valence-electron chi connectivity index (χ3n) is 5.38. The second-order valence-corrected chi connectivity index (χ2v) is 8.40. The molecule has 3 aromatic rings. The van der Waals surface area contributed by atoms with Gasteiger partial charge in [-0.2, -0.15) is 4.98 Å². The number of carbonyl (C=O) groups excluding carboxylic acids is 1. The normalized spacial score (nSPS) is 15.6. The second kappa shape index (κ2) is 9.22. The number of carbonyl (C=O) groups is 1. The number of para-hydroxylation sites is 1. The average Bonchev–Trinajstić information content (AvgIpc) is 3.30. The number of amides is 1. The number of methoxy groups -OCH3 is 1. The third kappa shape index (κ3) is 3.79. The van der Waals surface area contributed by atoms with Gasteiger partial charge in [0, 0.05) is 23.3 Å². The predicted molar refractivity (Wildman–Crippen MR) is 126 cm³/mol. The molecule has 0 radical (unpaired) electrons. The summed E-state index contributed by atoms with van der Waals surface area (Å²) in [5.41, 5.74) is 2.46. The molecular weight excluding hydrogens is 456 g/mol. The van der Waals surface area contributed by atoms with Gasteiger partial charge in [0.1, 0.15) is 0 Å². The minimum atomic E-state index is -0.854. The first-order valence-electron chi connectivity index (χ1n) is 10.7. The summed E-state index contributed by atoms with van der Waals surface area (Å²) in [6, 6.07) is 11.1. The van der Waals surface area contributed by atoms with Gasteiger partial charge in [0.05, 0.1) is 12.8 Å². The molecule has 34 heavy (non-hydrogen) atoms. The van der Waals surface area contributed by atoms with Gasteiger partial charge < -0.3 is 18.9 Å². The van der Waals surface area contributed by atoms with Gasteiger partial charge in [-0.3, -0.25) is 9.69 Å². The van der Waals surface area contributed by atoms with Crippen molar-refractivity contribution < 1.29 is 23.7 Å². The van der Waals surface area contributed by atoms with Crippen LogP contribution in [-0.4, -0.2) is 40.7 Å².